The molecule has 0 unspecified atom stereocenters. The van der Waals surface area contributed by atoms with E-state index in [1.807, 2.05) is 41.9 Å². The summed E-state index contributed by atoms with van der Waals surface area (Å²) in [4.78, 5) is 5.22. The fourth-order valence-corrected chi connectivity index (χ4v) is 3.32. The summed E-state index contributed by atoms with van der Waals surface area (Å²) in [5.41, 5.74) is 4.22. The van der Waals surface area contributed by atoms with Gasteiger partial charge in [0.2, 0.25) is 4.80 Å². The Hall–Kier alpha value is -1.98. The van der Waals surface area contributed by atoms with Crippen LogP contribution in [0.25, 0.3) is 11.3 Å². The van der Waals surface area contributed by atoms with Crippen LogP contribution in [0.2, 0.25) is 0 Å². The van der Waals surface area contributed by atoms with E-state index in [9.17, 15) is 0 Å². The van der Waals surface area contributed by atoms with Crippen molar-refractivity contribution in [3.63, 3.8) is 0 Å². The molecule has 116 valence electrons. The Balaban J connectivity index is 2.12. The van der Waals surface area contributed by atoms with Gasteiger partial charge >= 0.3 is 0 Å². The van der Waals surface area contributed by atoms with Crippen molar-refractivity contribution < 1.29 is 0 Å². The van der Waals surface area contributed by atoms with Gasteiger partial charge in [0.05, 0.1) is 11.4 Å². The third-order valence-corrected chi connectivity index (χ3v) is 4.89. The molecule has 1 heterocycles. The molecule has 5 heteroatoms. The summed E-state index contributed by atoms with van der Waals surface area (Å²) in [7, 11) is 1.79. The van der Waals surface area contributed by atoms with Gasteiger partial charge < -0.3 is 0 Å². The van der Waals surface area contributed by atoms with Crippen LogP contribution in [0.1, 0.15) is 12.5 Å². The minimum Gasteiger partial charge on any atom is -0.261 e. The van der Waals surface area contributed by atoms with E-state index < -0.39 is 0 Å². The number of rotatable bonds is 3. The van der Waals surface area contributed by atoms with E-state index in [4.69, 9.17) is 5.10 Å². The molecule has 0 aliphatic carbocycles. The van der Waals surface area contributed by atoms with Gasteiger partial charge in [-0.05, 0) is 24.6 Å². The Labute approximate surface area is 147 Å². The summed E-state index contributed by atoms with van der Waals surface area (Å²) in [6, 6.07) is 18.4. The maximum atomic E-state index is 4.80. The zero-order valence-corrected chi connectivity index (χ0v) is 15.3. The van der Waals surface area contributed by atoms with Gasteiger partial charge in [-0.15, -0.1) is 11.3 Å². The maximum Gasteiger partial charge on any atom is 0.205 e. The molecule has 3 nitrogen and oxygen atoms in total. The molecule has 0 N–H and O–H groups in total. The standard InChI is InChI=1S/C18H16BrN3S/c1-13(14-6-4-3-5-7-14)21-22-17(12-23-18(22)20-2)15-8-10-16(19)11-9-15/h3-12H,1-2H3. The lowest BCUT2D eigenvalue weighted by molar-refractivity contribution is 0.842. The molecule has 0 radical (unpaired) electrons. The lowest BCUT2D eigenvalue weighted by Crippen LogP contribution is -2.13. The number of aromatic nitrogens is 1. The first kappa shape index (κ1) is 15.9. The number of hydrogen-bond donors (Lipinski definition) is 0. The third kappa shape index (κ3) is 3.51. The lowest BCUT2D eigenvalue weighted by Gasteiger charge is -2.06. The van der Waals surface area contributed by atoms with Gasteiger partial charge in [0.1, 0.15) is 0 Å². The van der Waals surface area contributed by atoms with Gasteiger partial charge in [-0.3, -0.25) is 4.99 Å². The average molecular weight is 386 g/mol. The summed E-state index contributed by atoms with van der Waals surface area (Å²) >= 11 is 5.07. The topological polar surface area (TPSA) is 29.6 Å². The van der Waals surface area contributed by atoms with Gasteiger partial charge in [-0.2, -0.15) is 5.10 Å². The molecule has 0 aliphatic heterocycles. The Morgan fingerprint density at radius 3 is 2.39 bits per heavy atom. The van der Waals surface area contributed by atoms with Crippen LogP contribution >= 0.6 is 27.3 Å². The van der Waals surface area contributed by atoms with E-state index in [2.05, 4.69) is 50.6 Å². The van der Waals surface area contributed by atoms with Crippen LogP contribution < -0.4 is 4.80 Å². The summed E-state index contributed by atoms with van der Waals surface area (Å²) in [6.07, 6.45) is 0. The van der Waals surface area contributed by atoms with E-state index >= 15 is 0 Å². The van der Waals surface area contributed by atoms with Crippen LogP contribution in [0.5, 0.6) is 0 Å². The smallest absolute Gasteiger partial charge is 0.205 e. The fraction of sp³-hybridized carbons (Fsp3) is 0.111. The highest BCUT2D eigenvalue weighted by molar-refractivity contribution is 9.10. The molecule has 0 bridgehead atoms. The quantitative estimate of drug-likeness (QED) is 0.580. The fourth-order valence-electron chi connectivity index (χ4n) is 2.25. The zero-order valence-electron chi connectivity index (χ0n) is 12.9. The normalized spacial score (nSPS) is 12.7. The van der Waals surface area contributed by atoms with Crippen LogP contribution in [-0.2, 0) is 0 Å². The minimum absolute atomic E-state index is 0.873. The molecule has 0 atom stereocenters. The van der Waals surface area contributed by atoms with Crippen molar-refractivity contribution in [1.29, 1.82) is 0 Å². The molecule has 0 fully saturated rings. The second-order valence-electron chi connectivity index (χ2n) is 5.00. The second-order valence-corrected chi connectivity index (χ2v) is 6.75. The van der Waals surface area contributed by atoms with Crippen LogP contribution in [-0.4, -0.2) is 17.4 Å². The van der Waals surface area contributed by atoms with E-state index in [1.54, 1.807) is 18.4 Å². The number of nitrogens with zero attached hydrogens (tertiary/aromatic N) is 3. The molecule has 0 saturated heterocycles. The third-order valence-electron chi connectivity index (χ3n) is 3.46. The highest BCUT2D eigenvalue weighted by Crippen LogP contribution is 2.22. The summed E-state index contributed by atoms with van der Waals surface area (Å²) < 4.78 is 2.98. The van der Waals surface area contributed by atoms with Crippen molar-refractivity contribution in [1.82, 2.24) is 4.68 Å². The first-order valence-electron chi connectivity index (χ1n) is 7.19. The van der Waals surface area contributed by atoms with E-state index in [1.165, 1.54) is 0 Å². The second kappa shape index (κ2) is 7.06. The van der Waals surface area contributed by atoms with Gasteiger partial charge in [-0.25, -0.2) is 4.68 Å². The predicted molar refractivity (Wildman–Crippen MR) is 101 cm³/mol. The van der Waals surface area contributed by atoms with Gasteiger partial charge in [-0.1, -0.05) is 58.4 Å². The van der Waals surface area contributed by atoms with E-state index in [0.717, 1.165) is 31.8 Å². The highest BCUT2D eigenvalue weighted by atomic mass is 79.9. The van der Waals surface area contributed by atoms with Crippen molar-refractivity contribution in [2.45, 2.75) is 6.92 Å². The zero-order chi connectivity index (χ0) is 16.2. The first-order chi connectivity index (χ1) is 11.2. The van der Waals surface area contributed by atoms with Crippen LogP contribution in [0, 0.1) is 0 Å². The Bertz CT molecular complexity index is 890. The molecule has 0 aliphatic rings. The number of benzene rings is 2. The van der Waals surface area contributed by atoms with Crippen molar-refractivity contribution in [3.8, 4) is 11.3 Å². The van der Waals surface area contributed by atoms with Crippen LogP contribution in [0.15, 0.2) is 74.5 Å². The predicted octanol–water partition coefficient (Wildman–Crippen LogP) is 4.78. The molecule has 0 saturated carbocycles. The minimum atomic E-state index is 0.873. The Kier molecular flexibility index (Phi) is 4.88. The lowest BCUT2D eigenvalue weighted by atomic mass is 10.1. The molecule has 3 aromatic rings. The van der Waals surface area contributed by atoms with Crippen molar-refractivity contribution in [2.24, 2.45) is 10.1 Å². The molecule has 1 aromatic heterocycles. The van der Waals surface area contributed by atoms with Gasteiger partial charge in [0.25, 0.3) is 0 Å². The Morgan fingerprint density at radius 1 is 1.04 bits per heavy atom. The Morgan fingerprint density at radius 2 is 1.74 bits per heavy atom. The van der Waals surface area contributed by atoms with E-state index in [-0.39, 0.29) is 0 Å². The van der Waals surface area contributed by atoms with Crippen LogP contribution in [0.3, 0.4) is 0 Å². The van der Waals surface area contributed by atoms with E-state index in [0.29, 0.717) is 0 Å². The van der Waals surface area contributed by atoms with Crippen molar-refractivity contribution in [2.75, 3.05) is 7.05 Å². The molecule has 2 aromatic carbocycles. The molecule has 0 spiro atoms. The van der Waals surface area contributed by atoms with Crippen molar-refractivity contribution in [3.05, 3.63) is 74.8 Å². The average Bonchev–Trinajstić information content (AvgIpc) is 2.99. The number of hydrogen-bond acceptors (Lipinski definition) is 3. The monoisotopic (exact) mass is 385 g/mol. The van der Waals surface area contributed by atoms with Crippen molar-refractivity contribution >= 4 is 33.0 Å². The van der Waals surface area contributed by atoms with Crippen LogP contribution in [0.4, 0.5) is 0 Å². The summed E-state index contributed by atoms with van der Waals surface area (Å²) in [5.74, 6) is 0. The molecule has 3 rings (SSSR count). The number of thiazole rings is 1. The molecule has 23 heavy (non-hydrogen) atoms. The molecule has 0 amide bonds. The van der Waals surface area contributed by atoms with Gasteiger partial charge in [0.15, 0.2) is 0 Å². The highest BCUT2D eigenvalue weighted by Gasteiger charge is 2.08. The molecular weight excluding hydrogens is 370 g/mol. The summed E-state index contributed by atoms with van der Waals surface area (Å²) in [6.45, 7) is 2.02. The SMILES string of the molecule is CN=c1scc(-c2ccc(Br)cc2)n1N=C(C)c1ccccc1. The maximum absolute atomic E-state index is 4.80. The van der Waals surface area contributed by atoms with Gasteiger partial charge in [0, 0.05) is 22.5 Å². The summed E-state index contributed by atoms with van der Waals surface area (Å²) in [5, 5.41) is 6.89. The number of halogens is 1. The largest absolute Gasteiger partial charge is 0.261 e. The molecular formula is C18H16BrN3S. The first-order valence-corrected chi connectivity index (χ1v) is 8.86.